The molecule has 0 radical (unpaired) electrons. The normalized spacial score (nSPS) is 21.5. The van der Waals surface area contributed by atoms with Gasteiger partial charge in [-0.3, -0.25) is 9.78 Å². The zero-order valence-corrected chi connectivity index (χ0v) is 15.9. The minimum atomic E-state index is -0.980. The summed E-state index contributed by atoms with van der Waals surface area (Å²) in [4.78, 5) is 17.2. The van der Waals surface area contributed by atoms with E-state index in [4.69, 9.17) is 9.72 Å². The quantitative estimate of drug-likeness (QED) is 0.680. The van der Waals surface area contributed by atoms with Crippen molar-refractivity contribution < 1.29 is 9.53 Å². The average Bonchev–Trinajstić information content (AvgIpc) is 3.50. The third kappa shape index (κ3) is 2.66. The van der Waals surface area contributed by atoms with Crippen LogP contribution in [-0.4, -0.2) is 21.8 Å². The molecule has 0 saturated heterocycles. The van der Waals surface area contributed by atoms with Crippen LogP contribution in [0, 0.1) is 0 Å². The monoisotopic (exact) mass is 371 g/mol. The van der Waals surface area contributed by atoms with E-state index in [9.17, 15) is 4.79 Å². The van der Waals surface area contributed by atoms with Crippen LogP contribution in [0.2, 0.25) is 0 Å². The van der Waals surface area contributed by atoms with Gasteiger partial charge in [-0.1, -0.05) is 48.5 Å². The molecule has 5 rings (SSSR count). The molecule has 1 aliphatic heterocycles. The average molecular weight is 371 g/mol. The van der Waals surface area contributed by atoms with Gasteiger partial charge in [-0.2, -0.15) is 5.01 Å². The summed E-state index contributed by atoms with van der Waals surface area (Å²) >= 11 is 0. The first-order valence-corrected chi connectivity index (χ1v) is 9.60. The van der Waals surface area contributed by atoms with E-state index in [1.165, 1.54) is 24.8 Å². The first-order valence-electron chi connectivity index (χ1n) is 9.60. The Morgan fingerprint density at radius 2 is 1.82 bits per heavy atom. The third-order valence-electron chi connectivity index (χ3n) is 5.46. The standard InChI is InChI=1S/C23H21N3O2/c1-15(27)26-23(2,17-8-4-3-5-9-17)28-22(25-26)19-14-21(16-12-13-16)24-20-11-7-6-10-18(19)20/h3-11,14,16H,12-13H2,1-2H3. The number of pyridine rings is 1. The molecule has 0 bridgehead atoms. The summed E-state index contributed by atoms with van der Waals surface area (Å²) in [6.45, 7) is 3.39. The number of amides is 1. The number of carbonyl (C=O) groups excluding carboxylic acids is 1. The van der Waals surface area contributed by atoms with Gasteiger partial charge in [0, 0.05) is 42.0 Å². The number of ether oxygens (including phenoxy) is 1. The van der Waals surface area contributed by atoms with Crippen LogP contribution in [0.15, 0.2) is 65.8 Å². The Bertz CT molecular complexity index is 1110. The largest absolute Gasteiger partial charge is 0.443 e. The lowest BCUT2D eigenvalue weighted by molar-refractivity contribution is -0.146. The molecule has 1 aromatic heterocycles. The van der Waals surface area contributed by atoms with Gasteiger partial charge in [-0.15, -0.1) is 5.10 Å². The van der Waals surface area contributed by atoms with Crippen LogP contribution in [0.4, 0.5) is 0 Å². The number of carbonyl (C=O) groups is 1. The lowest BCUT2D eigenvalue weighted by Crippen LogP contribution is -2.41. The second-order valence-corrected chi connectivity index (χ2v) is 7.57. The molecule has 2 aromatic carbocycles. The van der Waals surface area contributed by atoms with Crippen LogP contribution in [-0.2, 0) is 15.3 Å². The molecule has 1 unspecified atom stereocenters. The van der Waals surface area contributed by atoms with Gasteiger partial charge in [0.1, 0.15) is 0 Å². The van der Waals surface area contributed by atoms with Crippen molar-refractivity contribution in [3.63, 3.8) is 0 Å². The van der Waals surface area contributed by atoms with Crippen molar-refractivity contribution in [2.24, 2.45) is 5.10 Å². The number of hydrogen-bond acceptors (Lipinski definition) is 4. The van der Waals surface area contributed by atoms with E-state index >= 15 is 0 Å². The zero-order chi connectivity index (χ0) is 19.3. The number of rotatable bonds is 3. The number of para-hydroxylation sites is 1. The van der Waals surface area contributed by atoms with Crippen molar-refractivity contribution >= 4 is 22.7 Å². The minimum absolute atomic E-state index is 0.165. The summed E-state index contributed by atoms with van der Waals surface area (Å²) in [5, 5.41) is 7.02. The molecule has 0 spiro atoms. The fraction of sp³-hybridized carbons (Fsp3) is 0.261. The molecule has 1 saturated carbocycles. The molecular weight excluding hydrogens is 350 g/mol. The van der Waals surface area contributed by atoms with Crippen LogP contribution in [0.5, 0.6) is 0 Å². The summed E-state index contributed by atoms with van der Waals surface area (Å²) < 4.78 is 6.39. The van der Waals surface area contributed by atoms with Crippen molar-refractivity contribution in [1.29, 1.82) is 0 Å². The summed E-state index contributed by atoms with van der Waals surface area (Å²) in [5.74, 6) is 0.805. The maximum atomic E-state index is 12.4. The molecule has 5 heteroatoms. The molecule has 2 heterocycles. The van der Waals surface area contributed by atoms with Crippen molar-refractivity contribution in [1.82, 2.24) is 9.99 Å². The minimum Gasteiger partial charge on any atom is -0.443 e. The SMILES string of the molecule is CC(=O)N1N=C(c2cc(C3CC3)nc3ccccc23)OC1(C)c1ccccc1. The predicted octanol–water partition coefficient (Wildman–Crippen LogP) is 4.53. The first-order chi connectivity index (χ1) is 13.6. The Kier molecular flexibility index (Phi) is 3.72. The summed E-state index contributed by atoms with van der Waals surface area (Å²) in [6.07, 6.45) is 2.33. The number of fused-ring (bicyclic) bond motifs is 1. The highest BCUT2D eigenvalue weighted by Gasteiger charge is 2.45. The van der Waals surface area contributed by atoms with E-state index in [2.05, 4.69) is 11.2 Å². The van der Waals surface area contributed by atoms with Crippen molar-refractivity contribution in [2.75, 3.05) is 0 Å². The van der Waals surface area contributed by atoms with E-state index in [1.54, 1.807) is 0 Å². The topological polar surface area (TPSA) is 54.8 Å². The zero-order valence-electron chi connectivity index (χ0n) is 15.9. The van der Waals surface area contributed by atoms with Gasteiger partial charge >= 0.3 is 0 Å². The van der Waals surface area contributed by atoms with Gasteiger partial charge in [0.05, 0.1) is 5.52 Å². The molecule has 1 fully saturated rings. The van der Waals surface area contributed by atoms with E-state index in [0.717, 1.165) is 27.7 Å². The Balaban J connectivity index is 1.66. The van der Waals surface area contributed by atoms with E-state index < -0.39 is 5.72 Å². The molecule has 0 N–H and O–H groups in total. The van der Waals surface area contributed by atoms with Gasteiger partial charge in [0.25, 0.3) is 0 Å². The fourth-order valence-electron chi connectivity index (χ4n) is 3.81. The predicted molar refractivity (Wildman–Crippen MR) is 108 cm³/mol. The van der Waals surface area contributed by atoms with Gasteiger partial charge in [0.2, 0.25) is 17.5 Å². The molecule has 28 heavy (non-hydrogen) atoms. The Morgan fingerprint density at radius 3 is 2.54 bits per heavy atom. The van der Waals surface area contributed by atoms with Gasteiger partial charge < -0.3 is 4.74 Å². The second-order valence-electron chi connectivity index (χ2n) is 7.57. The first kappa shape index (κ1) is 16.9. The lowest BCUT2D eigenvalue weighted by atomic mass is 10.0. The van der Waals surface area contributed by atoms with Gasteiger partial charge in [0.15, 0.2) is 0 Å². The van der Waals surface area contributed by atoms with Crippen LogP contribution >= 0.6 is 0 Å². The third-order valence-corrected chi connectivity index (χ3v) is 5.46. The molecule has 3 aromatic rings. The number of benzene rings is 2. The van der Waals surface area contributed by atoms with Crippen molar-refractivity contribution in [3.8, 4) is 0 Å². The molecular formula is C23H21N3O2. The molecule has 5 nitrogen and oxygen atoms in total. The Morgan fingerprint density at radius 1 is 1.11 bits per heavy atom. The Hall–Kier alpha value is -3.21. The fourth-order valence-corrected chi connectivity index (χ4v) is 3.81. The summed E-state index contributed by atoms with van der Waals surface area (Å²) in [5.41, 5.74) is 2.79. The van der Waals surface area contributed by atoms with Crippen molar-refractivity contribution in [3.05, 3.63) is 77.5 Å². The van der Waals surface area contributed by atoms with Crippen molar-refractivity contribution in [2.45, 2.75) is 38.3 Å². The highest BCUT2D eigenvalue weighted by Crippen LogP contribution is 2.42. The molecule has 1 amide bonds. The lowest BCUT2D eigenvalue weighted by Gasteiger charge is -2.31. The van der Waals surface area contributed by atoms with E-state index in [0.29, 0.717) is 11.8 Å². The number of hydrazone groups is 1. The number of nitrogens with zero attached hydrogens (tertiary/aromatic N) is 3. The van der Waals surface area contributed by atoms with Gasteiger partial charge in [-0.05, 0) is 25.0 Å². The van der Waals surface area contributed by atoms with E-state index in [-0.39, 0.29) is 5.91 Å². The smallest absolute Gasteiger partial charge is 0.243 e. The molecule has 2 aliphatic rings. The highest BCUT2D eigenvalue weighted by atomic mass is 16.6. The number of hydrogen-bond donors (Lipinski definition) is 0. The molecule has 1 aliphatic carbocycles. The Labute approximate surface area is 163 Å². The van der Waals surface area contributed by atoms with Gasteiger partial charge in [-0.25, -0.2) is 0 Å². The van der Waals surface area contributed by atoms with E-state index in [1.807, 2.05) is 61.5 Å². The summed E-state index contributed by atoms with van der Waals surface area (Å²) in [6, 6.07) is 19.8. The maximum Gasteiger partial charge on any atom is 0.243 e. The van der Waals surface area contributed by atoms with Crippen LogP contribution in [0.25, 0.3) is 10.9 Å². The second kappa shape index (κ2) is 6.16. The summed E-state index contributed by atoms with van der Waals surface area (Å²) in [7, 11) is 0. The van der Waals surface area contributed by atoms with Crippen LogP contribution < -0.4 is 0 Å². The highest BCUT2D eigenvalue weighted by molar-refractivity contribution is 6.07. The molecule has 1 atom stereocenters. The molecule has 140 valence electrons. The number of aromatic nitrogens is 1. The van der Waals surface area contributed by atoms with Crippen LogP contribution in [0.3, 0.4) is 0 Å². The van der Waals surface area contributed by atoms with Crippen LogP contribution in [0.1, 0.15) is 49.4 Å². The maximum absolute atomic E-state index is 12.4.